The van der Waals surface area contributed by atoms with Crippen molar-refractivity contribution >= 4 is 10.9 Å². The SMILES string of the molecule is COc1ccc2cc(CN[C@H]3CCCC[C@@H]3C)c(=O)[nH]c2c1. The first kappa shape index (κ1) is 15.1. The summed E-state index contributed by atoms with van der Waals surface area (Å²) in [6.45, 7) is 2.93. The van der Waals surface area contributed by atoms with Gasteiger partial charge < -0.3 is 15.0 Å². The van der Waals surface area contributed by atoms with Crippen LogP contribution >= 0.6 is 0 Å². The minimum atomic E-state index is -0.0169. The molecule has 2 N–H and O–H groups in total. The Morgan fingerprint density at radius 1 is 1.27 bits per heavy atom. The van der Waals surface area contributed by atoms with E-state index < -0.39 is 0 Å². The highest BCUT2D eigenvalue weighted by Gasteiger charge is 2.20. The maximum Gasteiger partial charge on any atom is 0.252 e. The summed E-state index contributed by atoms with van der Waals surface area (Å²) >= 11 is 0. The molecular formula is C18H24N2O2. The number of fused-ring (bicyclic) bond motifs is 1. The van der Waals surface area contributed by atoms with Gasteiger partial charge >= 0.3 is 0 Å². The van der Waals surface area contributed by atoms with Gasteiger partial charge in [-0.25, -0.2) is 0 Å². The van der Waals surface area contributed by atoms with E-state index in [-0.39, 0.29) is 5.56 Å². The standard InChI is InChI=1S/C18H24N2O2/c1-12-5-3-4-6-16(12)19-11-14-9-13-7-8-15(22-2)10-17(13)20-18(14)21/h7-10,12,16,19H,3-6,11H2,1-2H3,(H,20,21)/t12-,16-/m0/s1. The lowest BCUT2D eigenvalue weighted by Gasteiger charge is -2.29. The van der Waals surface area contributed by atoms with Crippen LogP contribution in [-0.4, -0.2) is 18.1 Å². The number of benzene rings is 1. The van der Waals surface area contributed by atoms with Gasteiger partial charge in [0.15, 0.2) is 0 Å². The van der Waals surface area contributed by atoms with Gasteiger partial charge in [0.05, 0.1) is 12.6 Å². The lowest BCUT2D eigenvalue weighted by molar-refractivity contribution is 0.279. The normalized spacial score (nSPS) is 21.9. The van der Waals surface area contributed by atoms with Crippen molar-refractivity contribution in [2.24, 2.45) is 5.92 Å². The average Bonchev–Trinajstić information content (AvgIpc) is 2.53. The number of ether oxygens (including phenoxy) is 1. The number of aromatic nitrogens is 1. The third kappa shape index (κ3) is 3.17. The van der Waals surface area contributed by atoms with Gasteiger partial charge in [0.2, 0.25) is 0 Å². The molecule has 2 aromatic rings. The van der Waals surface area contributed by atoms with E-state index in [2.05, 4.69) is 17.2 Å². The molecule has 1 heterocycles. The molecular weight excluding hydrogens is 276 g/mol. The summed E-state index contributed by atoms with van der Waals surface area (Å²) in [5.41, 5.74) is 1.60. The van der Waals surface area contributed by atoms with Crippen LogP contribution < -0.4 is 15.6 Å². The van der Waals surface area contributed by atoms with E-state index in [9.17, 15) is 4.79 Å². The smallest absolute Gasteiger partial charge is 0.252 e. The van der Waals surface area contributed by atoms with Crippen molar-refractivity contribution in [2.75, 3.05) is 7.11 Å². The fraction of sp³-hybridized carbons (Fsp3) is 0.500. The van der Waals surface area contributed by atoms with Crippen LogP contribution in [0.15, 0.2) is 29.1 Å². The molecule has 0 unspecified atom stereocenters. The van der Waals surface area contributed by atoms with E-state index in [1.54, 1.807) is 7.11 Å². The van der Waals surface area contributed by atoms with Crippen molar-refractivity contribution in [3.05, 3.63) is 40.2 Å². The maximum absolute atomic E-state index is 12.3. The molecule has 22 heavy (non-hydrogen) atoms. The van der Waals surface area contributed by atoms with E-state index in [4.69, 9.17) is 4.74 Å². The quantitative estimate of drug-likeness (QED) is 0.911. The fourth-order valence-electron chi connectivity index (χ4n) is 3.34. The highest BCUT2D eigenvalue weighted by atomic mass is 16.5. The van der Waals surface area contributed by atoms with Gasteiger partial charge in [0.1, 0.15) is 5.75 Å². The van der Waals surface area contributed by atoms with E-state index in [1.165, 1.54) is 25.7 Å². The van der Waals surface area contributed by atoms with Crippen molar-refractivity contribution in [1.29, 1.82) is 0 Å². The van der Waals surface area contributed by atoms with Crippen LogP contribution in [0.25, 0.3) is 10.9 Å². The summed E-state index contributed by atoms with van der Waals surface area (Å²) in [6, 6.07) is 8.27. The Labute approximate surface area is 130 Å². The number of nitrogens with one attached hydrogen (secondary N) is 2. The third-order valence-electron chi connectivity index (χ3n) is 4.80. The van der Waals surface area contributed by atoms with E-state index in [0.717, 1.165) is 22.2 Å². The molecule has 2 atom stereocenters. The number of hydrogen-bond acceptors (Lipinski definition) is 3. The molecule has 1 aliphatic rings. The summed E-state index contributed by atoms with van der Waals surface area (Å²) in [5, 5.41) is 4.61. The van der Waals surface area contributed by atoms with E-state index in [1.807, 2.05) is 24.3 Å². The van der Waals surface area contributed by atoms with Crippen LogP contribution in [0.5, 0.6) is 5.75 Å². The molecule has 0 amide bonds. The lowest BCUT2D eigenvalue weighted by atomic mass is 9.86. The van der Waals surface area contributed by atoms with Crippen LogP contribution in [0.1, 0.15) is 38.2 Å². The zero-order valence-electron chi connectivity index (χ0n) is 13.3. The lowest BCUT2D eigenvalue weighted by Crippen LogP contribution is -2.37. The molecule has 1 fully saturated rings. The largest absolute Gasteiger partial charge is 0.497 e. The summed E-state index contributed by atoms with van der Waals surface area (Å²) in [5.74, 6) is 1.45. The molecule has 4 heteroatoms. The first-order valence-electron chi connectivity index (χ1n) is 8.10. The third-order valence-corrected chi connectivity index (χ3v) is 4.80. The number of H-pyrrole nitrogens is 1. The zero-order valence-corrected chi connectivity index (χ0v) is 13.3. The summed E-state index contributed by atoms with van der Waals surface area (Å²) in [7, 11) is 1.63. The van der Waals surface area contributed by atoms with Crippen molar-refractivity contribution in [3.63, 3.8) is 0 Å². The molecule has 118 valence electrons. The number of rotatable bonds is 4. The van der Waals surface area contributed by atoms with Gasteiger partial charge in [-0.1, -0.05) is 19.8 Å². The second-order valence-electron chi connectivity index (χ2n) is 6.33. The Balaban J connectivity index is 1.78. The molecule has 1 aromatic heterocycles. The minimum Gasteiger partial charge on any atom is -0.497 e. The Kier molecular flexibility index (Phi) is 4.48. The van der Waals surface area contributed by atoms with Crippen molar-refractivity contribution < 1.29 is 4.74 Å². The Morgan fingerprint density at radius 2 is 2.09 bits per heavy atom. The van der Waals surface area contributed by atoms with Gasteiger partial charge in [0.25, 0.3) is 5.56 Å². The number of hydrogen-bond donors (Lipinski definition) is 2. The van der Waals surface area contributed by atoms with Gasteiger partial charge in [0, 0.05) is 24.2 Å². The number of aromatic amines is 1. The molecule has 0 spiro atoms. The molecule has 4 nitrogen and oxygen atoms in total. The topological polar surface area (TPSA) is 54.1 Å². The van der Waals surface area contributed by atoms with Crippen molar-refractivity contribution in [1.82, 2.24) is 10.3 Å². The molecule has 0 radical (unpaired) electrons. The van der Waals surface area contributed by atoms with Crippen molar-refractivity contribution in [3.8, 4) is 5.75 Å². The van der Waals surface area contributed by atoms with Crippen LogP contribution in [0.2, 0.25) is 0 Å². The Bertz CT molecular complexity index is 708. The molecule has 1 saturated carbocycles. The highest BCUT2D eigenvalue weighted by Crippen LogP contribution is 2.24. The maximum atomic E-state index is 12.3. The molecule has 3 rings (SSSR count). The predicted octanol–water partition coefficient (Wildman–Crippen LogP) is 3.21. The number of methoxy groups -OCH3 is 1. The van der Waals surface area contributed by atoms with Crippen LogP contribution in [0, 0.1) is 5.92 Å². The van der Waals surface area contributed by atoms with Crippen molar-refractivity contribution in [2.45, 2.75) is 45.2 Å². The highest BCUT2D eigenvalue weighted by molar-refractivity contribution is 5.80. The summed E-state index contributed by atoms with van der Waals surface area (Å²) in [6.07, 6.45) is 5.11. The van der Waals surface area contributed by atoms with Gasteiger partial charge in [-0.05, 0) is 42.3 Å². The number of pyridine rings is 1. The second kappa shape index (κ2) is 6.53. The first-order chi connectivity index (χ1) is 10.7. The first-order valence-corrected chi connectivity index (χ1v) is 8.10. The van der Waals surface area contributed by atoms with Gasteiger partial charge in [-0.3, -0.25) is 4.79 Å². The average molecular weight is 300 g/mol. The molecule has 0 aliphatic heterocycles. The molecule has 0 saturated heterocycles. The van der Waals surface area contributed by atoms with Crippen LogP contribution in [0.3, 0.4) is 0 Å². The Morgan fingerprint density at radius 3 is 2.86 bits per heavy atom. The summed E-state index contributed by atoms with van der Waals surface area (Å²) in [4.78, 5) is 15.2. The second-order valence-corrected chi connectivity index (χ2v) is 6.33. The van der Waals surface area contributed by atoms with Crippen LogP contribution in [-0.2, 0) is 6.54 Å². The Hall–Kier alpha value is -1.81. The molecule has 1 aliphatic carbocycles. The van der Waals surface area contributed by atoms with Gasteiger partial charge in [-0.15, -0.1) is 0 Å². The van der Waals surface area contributed by atoms with Crippen LogP contribution in [0.4, 0.5) is 0 Å². The van der Waals surface area contributed by atoms with E-state index in [0.29, 0.717) is 18.5 Å². The predicted molar refractivity (Wildman–Crippen MR) is 89.4 cm³/mol. The fourth-order valence-corrected chi connectivity index (χ4v) is 3.34. The monoisotopic (exact) mass is 300 g/mol. The summed E-state index contributed by atoms with van der Waals surface area (Å²) < 4.78 is 5.20. The van der Waals surface area contributed by atoms with E-state index >= 15 is 0 Å². The minimum absolute atomic E-state index is 0.0169. The molecule has 0 bridgehead atoms. The zero-order chi connectivity index (χ0) is 15.5. The molecule has 1 aromatic carbocycles. The van der Waals surface area contributed by atoms with Gasteiger partial charge in [-0.2, -0.15) is 0 Å².